The number of para-hydroxylation sites is 1. The maximum absolute atomic E-state index is 5.57. The lowest BCUT2D eigenvalue weighted by Crippen LogP contribution is -2.09. The number of nitrogens with zero attached hydrogens (tertiary/aromatic N) is 2. The van der Waals surface area contributed by atoms with Gasteiger partial charge in [-0.15, -0.1) is 5.06 Å². The summed E-state index contributed by atoms with van der Waals surface area (Å²) in [6.45, 7) is 4.25. The van der Waals surface area contributed by atoms with Crippen LogP contribution in [0.2, 0.25) is 0 Å². The molecule has 0 amide bonds. The van der Waals surface area contributed by atoms with E-state index in [1.807, 2.05) is 17.3 Å². The van der Waals surface area contributed by atoms with Crippen molar-refractivity contribution in [2.24, 2.45) is 0 Å². The van der Waals surface area contributed by atoms with Gasteiger partial charge in [0, 0.05) is 23.2 Å². The van der Waals surface area contributed by atoms with Crippen LogP contribution in [0.3, 0.4) is 0 Å². The molecule has 16 heavy (non-hydrogen) atoms. The fourth-order valence-electron chi connectivity index (χ4n) is 2.00. The lowest BCUT2D eigenvalue weighted by atomic mass is 10.1. The van der Waals surface area contributed by atoms with E-state index in [9.17, 15) is 0 Å². The molecule has 0 aliphatic carbocycles. The van der Waals surface area contributed by atoms with Crippen LogP contribution >= 0.6 is 0 Å². The number of aromatic nitrogens is 1. The summed E-state index contributed by atoms with van der Waals surface area (Å²) in [6.07, 6.45) is 1.91. The molecule has 0 spiro atoms. The number of pyridine rings is 1. The van der Waals surface area contributed by atoms with Crippen LogP contribution < -0.4 is 0 Å². The van der Waals surface area contributed by atoms with Crippen molar-refractivity contribution >= 4 is 10.9 Å². The van der Waals surface area contributed by atoms with E-state index in [1.165, 1.54) is 5.39 Å². The van der Waals surface area contributed by atoms with Gasteiger partial charge in [0.15, 0.2) is 6.23 Å². The smallest absolute Gasteiger partial charge is 0.182 e. The van der Waals surface area contributed by atoms with Gasteiger partial charge in [-0.1, -0.05) is 24.3 Å². The third-order valence-corrected chi connectivity index (χ3v) is 2.85. The second-order valence-electron chi connectivity index (χ2n) is 4.33. The predicted octanol–water partition coefficient (Wildman–Crippen LogP) is 2.89. The molecule has 82 valence electrons. The van der Waals surface area contributed by atoms with Crippen LogP contribution in [0.15, 0.2) is 36.5 Å². The second kappa shape index (κ2) is 3.54. The average molecular weight is 214 g/mol. The number of hydrogen-bond donors (Lipinski definition) is 0. The fourth-order valence-corrected chi connectivity index (χ4v) is 2.00. The summed E-state index contributed by atoms with van der Waals surface area (Å²) in [7, 11) is 0. The van der Waals surface area contributed by atoms with Gasteiger partial charge in [0.25, 0.3) is 0 Å². The molecule has 1 aliphatic heterocycles. The highest BCUT2D eigenvalue weighted by molar-refractivity contribution is 5.81. The van der Waals surface area contributed by atoms with Gasteiger partial charge in [-0.3, -0.25) is 9.82 Å². The van der Waals surface area contributed by atoms with E-state index in [4.69, 9.17) is 4.84 Å². The molecule has 0 bridgehead atoms. The number of benzene rings is 1. The number of fused-ring (bicyclic) bond motifs is 1. The minimum absolute atomic E-state index is 0.0820. The van der Waals surface area contributed by atoms with E-state index in [1.54, 1.807) is 0 Å². The molecular formula is C13H14N2O. The lowest BCUT2D eigenvalue weighted by molar-refractivity contribution is 0.164. The molecule has 2 unspecified atom stereocenters. The van der Waals surface area contributed by atoms with E-state index in [0.717, 1.165) is 11.1 Å². The van der Waals surface area contributed by atoms with Gasteiger partial charge < -0.3 is 0 Å². The van der Waals surface area contributed by atoms with Gasteiger partial charge in [0.05, 0.1) is 5.52 Å². The molecule has 3 heteroatoms. The number of hydrogen-bond acceptors (Lipinski definition) is 3. The summed E-state index contributed by atoms with van der Waals surface area (Å²) in [5, 5.41) is 3.16. The Balaban J connectivity index is 2.05. The van der Waals surface area contributed by atoms with Gasteiger partial charge in [-0.25, -0.2) is 0 Å². The zero-order chi connectivity index (χ0) is 11.1. The van der Waals surface area contributed by atoms with Crippen molar-refractivity contribution in [3.8, 4) is 0 Å². The number of rotatable bonds is 2. The van der Waals surface area contributed by atoms with Crippen molar-refractivity contribution < 1.29 is 4.84 Å². The van der Waals surface area contributed by atoms with E-state index in [0.29, 0.717) is 6.04 Å². The lowest BCUT2D eigenvalue weighted by Gasteiger charge is -2.04. The summed E-state index contributed by atoms with van der Waals surface area (Å²) in [5.74, 6) is 0. The SMILES string of the molecule is CC(C)N1OC1c1cccc2cccnc12. The van der Waals surface area contributed by atoms with Crippen LogP contribution in [0.1, 0.15) is 25.6 Å². The first-order valence-electron chi connectivity index (χ1n) is 5.56. The second-order valence-corrected chi connectivity index (χ2v) is 4.33. The van der Waals surface area contributed by atoms with Crippen molar-refractivity contribution in [3.63, 3.8) is 0 Å². The third kappa shape index (κ3) is 1.49. The van der Waals surface area contributed by atoms with Crippen molar-refractivity contribution in [2.75, 3.05) is 0 Å². The molecule has 2 atom stereocenters. The normalized spacial score (nSPS) is 23.9. The van der Waals surface area contributed by atoms with Crippen LogP contribution in [0, 0.1) is 0 Å². The molecule has 1 fully saturated rings. The first-order chi connectivity index (χ1) is 7.77. The quantitative estimate of drug-likeness (QED) is 0.720. The van der Waals surface area contributed by atoms with E-state index in [-0.39, 0.29) is 6.23 Å². The van der Waals surface area contributed by atoms with Crippen LogP contribution in [0.25, 0.3) is 10.9 Å². The van der Waals surface area contributed by atoms with Gasteiger partial charge in [0.1, 0.15) is 0 Å². The Morgan fingerprint density at radius 1 is 1.25 bits per heavy atom. The molecule has 3 rings (SSSR count). The largest absolute Gasteiger partial charge is 0.270 e. The molecule has 2 aromatic rings. The standard InChI is InChI=1S/C13H14N2O/c1-9(2)15-13(16-15)11-7-3-5-10-6-4-8-14-12(10)11/h3-9,13H,1-2H3. The predicted molar refractivity (Wildman–Crippen MR) is 62.5 cm³/mol. The Morgan fingerprint density at radius 2 is 2.06 bits per heavy atom. The van der Waals surface area contributed by atoms with Crippen LogP contribution in [-0.4, -0.2) is 16.1 Å². The minimum Gasteiger partial charge on any atom is -0.270 e. The molecule has 3 nitrogen and oxygen atoms in total. The molecule has 0 N–H and O–H groups in total. The van der Waals surface area contributed by atoms with Crippen LogP contribution in [0.5, 0.6) is 0 Å². The monoisotopic (exact) mass is 214 g/mol. The number of hydroxylamine groups is 2. The van der Waals surface area contributed by atoms with Crippen molar-refractivity contribution in [1.82, 2.24) is 10.0 Å². The van der Waals surface area contributed by atoms with Crippen molar-refractivity contribution in [1.29, 1.82) is 0 Å². The summed E-state index contributed by atoms with van der Waals surface area (Å²) in [6, 6.07) is 10.7. The van der Waals surface area contributed by atoms with Crippen LogP contribution in [-0.2, 0) is 4.84 Å². The maximum atomic E-state index is 5.57. The molecule has 0 saturated carbocycles. The zero-order valence-corrected chi connectivity index (χ0v) is 9.42. The summed E-state index contributed by atoms with van der Waals surface area (Å²) >= 11 is 0. The van der Waals surface area contributed by atoms with Gasteiger partial charge in [0.2, 0.25) is 0 Å². The Bertz CT molecular complexity index is 519. The van der Waals surface area contributed by atoms with Crippen LogP contribution in [0.4, 0.5) is 0 Å². The molecule has 2 heterocycles. The average Bonchev–Trinajstić information content (AvgIpc) is 3.08. The van der Waals surface area contributed by atoms with E-state index < -0.39 is 0 Å². The van der Waals surface area contributed by atoms with Gasteiger partial charge >= 0.3 is 0 Å². The molecule has 1 aliphatic rings. The highest BCUT2D eigenvalue weighted by Crippen LogP contribution is 2.41. The van der Waals surface area contributed by atoms with Gasteiger partial charge in [-0.05, 0) is 19.9 Å². The summed E-state index contributed by atoms with van der Waals surface area (Å²) in [5.41, 5.74) is 2.20. The minimum atomic E-state index is 0.0820. The highest BCUT2D eigenvalue weighted by atomic mass is 16.8. The zero-order valence-electron chi connectivity index (χ0n) is 9.42. The van der Waals surface area contributed by atoms with E-state index in [2.05, 4.69) is 43.1 Å². The molecule has 1 aromatic carbocycles. The Morgan fingerprint density at radius 3 is 2.81 bits per heavy atom. The molecule has 0 radical (unpaired) electrons. The third-order valence-electron chi connectivity index (χ3n) is 2.85. The van der Waals surface area contributed by atoms with Crippen molar-refractivity contribution in [2.45, 2.75) is 26.1 Å². The van der Waals surface area contributed by atoms with Crippen molar-refractivity contribution in [3.05, 3.63) is 42.1 Å². The first kappa shape index (κ1) is 9.75. The molecule has 1 aromatic heterocycles. The topological polar surface area (TPSA) is 28.4 Å². The Kier molecular flexibility index (Phi) is 2.16. The molecular weight excluding hydrogens is 200 g/mol. The molecule has 1 saturated heterocycles. The fraction of sp³-hybridized carbons (Fsp3) is 0.308. The highest BCUT2D eigenvalue weighted by Gasteiger charge is 2.41. The summed E-state index contributed by atoms with van der Waals surface area (Å²) < 4.78 is 0. The summed E-state index contributed by atoms with van der Waals surface area (Å²) in [4.78, 5) is 10.00. The maximum Gasteiger partial charge on any atom is 0.182 e. The Hall–Kier alpha value is -1.45. The van der Waals surface area contributed by atoms with Gasteiger partial charge in [-0.2, -0.15) is 0 Å². The van der Waals surface area contributed by atoms with E-state index >= 15 is 0 Å². The first-order valence-corrected chi connectivity index (χ1v) is 5.56. The Labute approximate surface area is 94.6 Å².